The van der Waals surface area contributed by atoms with Gasteiger partial charge in [-0.05, 0) is 28.1 Å². The van der Waals surface area contributed by atoms with Crippen LogP contribution in [0.25, 0.3) is 10.9 Å². The Morgan fingerprint density at radius 3 is 2.44 bits per heavy atom. The average Bonchev–Trinajstić information content (AvgIpc) is 2.32. The van der Waals surface area contributed by atoms with Crippen LogP contribution < -0.4 is 9.47 Å². The molecule has 0 atom stereocenters. The highest BCUT2D eigenvalue weighted by Crippen LogP contribution is 2.39. The molecule has 1 heterocycles. The molecular formula is C11H9BrClNO2. The number of ether oxygens (including phenoxy) is 2. The van der Waals surface area contributed by atoms with Gasteiger partial charge in [0.15, 0.2) is 0 Å². The van der Waals surface area contributed by atoms with E-state index in [4.69, 9.17) is 21.1 Å². The zero-order valence-corrected chi connectivity index (χ0v) is 11.1. The Kier molecular flexibility index (Phi) is 3.21. The molecular weight excluding hydrogens is 293 g/mol. The van der Waals surface area contributed by atoms with Crippen LogP contribution in [0.1, 0.15) is 0 Å². The second-order valence-corrected chi connectivity index (χ2v) is 4.31. The molecule has 1 aromatic carbocycles. The summed E-state index contributed by atoms with van der Waals surface area (Å²) in [5, 5.41) is 1.36. The van der Waals surface area contributed by atoms with Crippen LogP contribution in [-0.2, 0) is 0 Å². The van der Waals surface area contributed by atoms with Gasteiger partial charge in [-0.3, -0.25) is 4.98 Å². The van der Waals surface area contributed by atoms with Crippen LogP contribution in [0.4, 0.5) is 0 Å². The standard InChI is InChI=1S/C11H9BrClNO2/c1-15-7-3-4-8(16-2)11-9(7)10(12)6(13)5-14-11/h3-5H,1-2H3. The van der Waals surface area contributed by atoms with Gasteiger partial charge in [0, 0.05) is 6.20 Å². The predicted octanol–water partition coefficient (Wildman–Crippen LogP) is 3.67. The van der Waals surface area contributed by atoms with Crippen molar-refractivity contribution in [3.05, 3.63) is 27.8 Å². The number of halogens is 2. The lowest BCUT2D eigenvalue weighted by molar-refractivity contribution is 0.409. The fraction of sp³-hybridized carbons (Fsp3) is 0.182. The maximum Gasteiger partial charge on any atom is 0.145 e. The molecule has 0 amide bonds. The normalized spacial score (nSPS) is 10.5. The molecule has 0 aliphatic carbocycles. The predicted molar refractivity (Wildman–Crippen MR) is 67.6 cm³/mol. The quantitative estimate of drug-likeness (QED) is 0.848. The van der Waals surface area contributed by atoms with E-state index in [1.807, 2.05) is 12.1 Å². The first-order chi connectivity index (χ1) is 7.69. The number of benzene rings is 1. The van der Waals surface area contributed by atoms with Gasteiger partial charge in [-0.15, -0.1) is 0 Å². The lowest BCUT2D eigenvalue weighted by Crippen LogP contribution is -1.92. The Morgan fingerprint density at radius 2 is 1.81 bits per heavy atom. The van der Waals surface area contributed by atoms with Crippen LogP contribution in [0.5, 0.6) is 11.5 Å². The van der Waals surface area contributed by atoms with E-state index in [2.05, 4.69) is 20.9 Å². The molecule has 0 bridgehead atoms. The fourth-order valence-electron chi connectivity index (χ4n) is 1.53. The second kappa shape index (κ2) is 4.47. The highest BCUT2D eigenvalue weighted by molar-refractivity contribution is 9.10. The van der Waals surface area contributed by atoms with Crippen molar-refractivity contribution in [1.29, 1.82) is 0 Å². The Labute approximate surface area is 106 Å². The number of fused-ring (bicyclic) bond motifs is 1. The van der Waals surface area contributed by atoms with Crippen molar-refractivity contribution in [2.24, 2.45) is 0 Å². The molecule has 16 heavy (non-hydrogen) atoms. The minimum Gasteiger partial charge on any atom is -0.496 e. The molecule has 0 spiro atoms. The van der Waals surface area contributed by atoms with E-state index >= 15 is 0 Å². The third-order valence-electron chi connectivity index (χ3n) is 2.28. The van der Waals surface area contributed by atoms with Gasteiger partial charge in [0.2, 0.25) is 0 Å². The van der Waals surface area contributed by atoms with E-state index in [1.165, 1.54) is 0 Å². The molecule has 5 heteroatoms. The third kappa shape index (κ3) is 1.72. The monoisotopic (exact) mass is 301 g/mol. The summed E-state index contributed by atoms with van der Waals surface area (Å²) in [4.78, 5) is 4.25. The first-order valence-corrected chi connectivity index (χ1v) is 5.70. The molecule has 2 aromatic rings. The minimum absolute atomic E-state index is 0.541. The summed E-state index contributed by atoms with van der Waals surface area (Å²) < 4.78 is 11.3. The first kappa shape index (κ1) is 11.5. The van der Waals surface area contributed by atoms with E-state index < -0.39 is 0 Å². The summed E-state index contributed by atoms with van der Waals surface area (Å²) in [6, 6.07) is 3.64. The van der Waals surface area contributed by atoms with Crippen LogP contribution in [0.3, 0.4) is 0 Å². The molecule has 2 rings (SSSR count). The molecule has 0 N–H and O–H groups in total. The van der Waals surface area contributed by atoms with E-state index in [1.54, 1.807) is 20.4 Å². The lowest BCUT2D eigenvalue weighted by atomic mass is 10.2. The van der Waals surface area contributed by atoms with Crippen molar-refractivity contribution in [3.8, 4) is 11.5 Å². The van der Waals surface area contributed by atoms with Gasteiger partial charge in [-0.1, -0.05) is 11.6 Å². The summed E-state index contributed by atoms with van der Waals surface area (Å²) >= 11 is 9.43. The number of methoxy groups -OCH3 is 2. The topological polar surface area (TPSA) is 31.4 Å². The molecule has 1 aromatic heterocycles. The molecule has 0 radical (unpaired) electrons. The van der Waals surface area contributed by atoms with E-state index in [0.717, 1.165) is 15.4 Å². The molecule has 0 saturated heterocycles. The third-order valence-corrected chi connectivity index (χ3v) is 3.62. The minimum atomic E-state index is 0.541. The van der Waals surface area contributed by atoms with Gasteiger partial charge in [-0.25, -0.2) is 0 Å². The van der Waals surface area contributed by atoms with E-state index in [9.17, 15) is 0 Å². The fourth-order valence-corrected chi connectivity index (χ4v) is 2.15. The lowest BCUT2D eigenvalue weighted by Gasteiger charge is -2.10. The number of nitrogens with zero attached hydrogens (tertiary/aromatic N) is 1. The summed E-state index contributed by atoms with van der Waals surface area (Å²) in [5.41, 5.74) is 0.720. The van der Waals surface area contributed by atoms with Crippen molar-refractivity contribution < 1.29 is 9.47 Å². The van der Waals surface area contributed by atoms with Crippen molar-refractivity contribution in [2.45, 2.75) is 0 Å². The molecule has 0 aliphatic heterocycles. The van der Waals surface area contributed by atoms with Gasteiger partial charge in [-0.2, -0.15) is 0 Å². The SMILES string of the molecule is COc1ccc(OC)c2c(Br)c(Cl)cnc12. The highest BCUT2D eigenvalue weighted by Gasteiger charge is 2.13. The van der Waals surface area contributed by atoms with Crippen LogP contribution in [0.2, 0.25) is 5.02 Å². The number of hydrogen-bond donors (Lipinski definition) is 0. The first-order valence-electron chi connectivity index (χ1n) is 4.53. The van der Waals surface area contributed by atoms with Crippen LogP contribution >= 0.6 is 27.5 Å². The Hall–Kier alpha value is -1.00. The van der Waals surface area contributed by atoms with Gasteiger partial charge in [0.25, 0.3) is 0 Å². The Bertz CT molecular complexity index is 545. The summed E-state index contributed by atoms with van der Waals surface area (Å²) in [7, 11) is 3.21. The van der Waals surface area contributed by atoms with Gasteiger partial charge < -0.3 is 9.47 Å². The maximum atomic E-state index is 6.01. The van der Waals surface area contributed by atoms with Crippen molar-refractivity contribution in [1.82, 2.24) is 4.98 Å². The molecule has 3 nitrogen and oxygen atoms in total. The van der Waals surface area contributed by atoms with E-state index in [0.29, 0.717) is 16.5 Å². The van der Waals surface area contributed by atoms with E-state index in [-0.39, 0.29) is 0 Å². The smallest absolute Gasteiger partial charge is 0.145 e. The van der Waals surface area contributed by atoms with Crippen LogP contribution in [0.15, 0.2) is 22.8 Å². The maximum absolute atomic E-state index is 6.01. The molecule has 84 valence electrons. The largest absolute Gasteiger partial charge is 0.496 e. The number of pyridine rings is 1. The van der Waals surface area contributed by atoms with Gasteiger partial charge >= 0.3 is 0 Å². The number of rotatable bonds is 2. The Balaban J connectivity index is 2.90. The number of aromatic nitrogens is 1. The van der Waals surface area contributed by atoms with Crippen LogP contribution in [-0.4, -0.2) is 19.2 Å². The zero-order chi connectivity index (χ0) is 11.7. The summed E-state index contributed by atoms with van der Waals surface area (Å²) in [6.07, 6.45) is 1.58. The summed E-state index contributed by atoms with van der Waals surface area (Å²) in [5.74, 6) is 1.39. The summed E-state index contributed by atoms with van der Waals surface area (Å²) in [6.45, 7) is 0. The van der Waals surface area contributed by atoms with Gasteiger partial charge in [0.1, 0.15) is 17.0 Å². The zero-order valence-electron chi connectivity index (χ0n) is 8.75. The highest BCUT2D eigenvalue weighted by atomic mass is 79.9. The average molecular weight is 303 g/mol. The molecule has 0 aliphatic rings. The van der Waals surface area contributed by atoms with Crippen molar-refractivity contribution in [2.75, 3.05) is 14.2 Å². The van der Waals surface area contributed by atoms with Crippen molar-refractivity contribution >= 4 is 38.4 Å². The van der Waals surface area contributed by atoms with Crippen molar-refractivity contribution in [3.63, 3.8) is 0 Å². The molecule has 0 saturated carbocycles. The molecule has 0 fully saturated rings. The van der Waals surface area contributed by atoms with Gasteiger partial charge in [0.05, 0.1) is 29.1 Å². The second-order valence-electron chi connectivity index (χ2n) is 3.11. The van der Waals surface area contributed by atoms with Crippen LogP contribution in [0, 0.1) is 0 Å². The number of hydrogen-bond acceptors (Lipinski definition) is 3. The Morgan fingerprint density at radius 1 is 1.19 bits per heavy atom. The molecule has 0 unspecified atom stereocenters.